The van der Waals surface area contributed by atoms with E-state index in [4.69, 9.17) is 9.15 Å². The molecule has 5 nitrogen and oxygen atoms in total. The molecule has 144 valence electrons. The van der Waals surface area contributed by atoms with E-state index in [0.717, 1.165) is 11.1 Å². The first-order valence-electron chi connectivity index (χ1n) is 9.26. The fourth-order valence-electron chi connectivity index (χ4n) is 3.00. The molecule has 0 spiro atoms. The van der Waals surface area contributed by atoms with Crippen molar-refractivity contribution in [2.45, 2.75) is 13.2 Å². The van der Waals surface area contributed by atoms with Crippen molar-refractivity contribution in [3.05, 3.63) is 112 Å². The normalized spacial score (nSPS) is 10.6. The summed E-state index contributed by atoms with van der Waals surface area (Å²) in [6, 6.07) is 26.1. The molecule has 1 amide bonds. The Bertz CT molecular complexity index is 1180. The zero-order valence-corrected chi connectivity index (χ0v) is 15.6. The zero-order chi connectivity index (χ0) is 20.1. The number of hydrogen-bond donors (Lipinski definition) is 1. The number of amides is 1. The highest BCUT2D eigenvalue weighted by molar-refractivity contribution is 5.97. The molecular formula is C24H19NO4. The van der Waals surface area contributed by atoms with Crippen LogP contribution in [0.4, 0.5) is 0 Å². The Balaban J connectivity index is 1.55. The average Bonchev–Trinajstić information content (AvgIpc) is 2.77. The van der Waals surface area contributed by atoms with Crippen LogP contribution in [0.25, 0.3) is 11.0 Å². The van der Waals surface area contributed by atoms with Gasteiger partial charge in [0.15, 0.2) is 11.3 Å². The number of ether oxygens (including phenoxy) is 1. The van der Waals surface area contributed by atoms with Crippen LogP contribution >= 0.6 is 0 Å². The molecule has 0 saturated carbocycles. The zero-order valence-electron chi connectivity index (χ0n) is 15.6. The number of nitrogens with one attached hydrogen (secondary N) is 1. The van der Waals surface area contributed by atoms with Crippen molar-refractivity contribution in [3.8, 4) is 5.75 Å². The van der Waals surface area contributed by atoms with Crippen LogP contribution in [0.15, 0.2) is 94.1 Å². The largest absolute Gasteiger partial charge is 0.485 e. The smallest absolute Gasteiger partial charge is 0.349 e. The molecule has 0 radical (unpaired) electrons. The molecule has 4 rings (SSSR count). The number of carbonyl (C=O) groups is 1. The molecular weight excluding hydrogens is 366 g/mol. The first-order chi connectivity index (χ1) is 14.2. The summed E-state index contributed by atoms with van der Waals surface area (Å²) in [5.41, 5.74) is 1.55. The topological polar surface area (TPSA) is 68.5 Å². The molecule has 0 saturated heterocycles. The monoisotopic (exact) mass is 385 g/mol. The van der Waals surface area contributed by atoms with Gasteiger partial charge in [-0.3, -0.25) is 4.79 Å². The summed E-state index contributed by atoms with van der Waals surface area (Å²) in [5.74, 6) is -0.0141. The third-order valence-corrected chi connectivity index (χ3v) is 4.50. The van der Waals surface area contributed by atoms with Gasteiger partial charge in [0, 0.05) is 11.9 Å². The fourth-order valence-corrected chi connectivity index (χ4v) is 3.00. The van der Waals surface area contributed by atoms with Crippen LogP contribution in [0.1, 0.15) is 21.5 Å². The average molecular weight is 385 g/mol. The van der Waals surface area contributed by atoms with Crippen molar-refractivity contribution >= 4 is 16.9 Å². The van der Waals surface area contributed by atoms with Crippen LogP contribution in [-0.4, -0.2) is 5.91 Å². The number of carbonyl (C=O) groups excluding carboxylic acids is 1. The fraction of sp³-hybridized carbons (Fsp3) is 0.0833. The third-order valence-electron chi connectivity index (χ3n) is 4.50. The van der Waals surface area contributed by atoms with Crippen LogP contribution in [0.3, 0.4) is 0 Å². The van der Waals surface area contributed by atoms with Crippen LogP contribution in [0.5, 0.6) is 5.75 Å². The minimum Gasteiger partial charge on any atom is -0.485 e. The van der Waals surface area contributed by atoms with Crippen molar-refractivity contribution in [3.63, 3.8) is 0 Å². The number of rotatable bonds is 6. The maximum absolute atomic E-state index is 12.5. The van der Waals surface area contributed by atoms with E-state index in [1.165, 1.54) is 6.07 Å². The first kappa shape index (κ1) is 18.5. The lowest BCUT2D eigenvalue weighted by Gasteiger charge is -2.09. The lowest BCUT2D eigenvalue weighted by molar-refractivity contribution is 0.0947. The molecule has 5 heteroatoms. The summed E-state index contributed by atoms with van der Waals surface area (Å²) in [4.78, 5) is 24.9. The molecule has 29 heavy (non-hydrogen) atoms. The molecule has 0 fully saturated rings. The van der Waals surface area contributed by atoms with Crippen molar-refractivity contribution in [1.82, 2.24) is 5.32 Å². The second kappa shape index (κ2) is 8.44. The molecule has 0 atom stereocenters. The summed E-state index contributed by atoms with van der Waals surface area (Å²) in [6.45, 7) is 0.681. The summed E-state index contributed by atoms with van der Waals surface area (Å²) < 4.78 is 11.3. The molecule has 3 aromatic carbocycles. The van der Waals surface area contributed by atoms with Crippen LogP contribution < -0.4 is 15.7 Å². The SMILES string of the molecule is O=C(NCc1ccccc1)c1cc2cccc(OCc3ccccc3)c2oc1=O. The second-order valence-electron chi connectivity index (χ2n) is 6.56. The van der Waals surface area contributed by atoms with Crippen molar-refractivity contribution in [2.24, 2.45) is 0 Å². The van der Waals surface area contributed by atoms with E-state index in [2.05, 4.69) is 5.32 Å². The van der Waals surface area contributed by atoms with Gasteiger partial charge in [-0.05, 0) is 23.3 Å². The summed E-state index contributed by atoms with van der Waals surface area (Å²) in [5, 5.41) is 3.38. The molecule has 0 aliphatic heterocycles. The third kappa shape index (κ3) is 4.35. The quantitative estimate of drug-likeness (QED) is 0.503. The Morgan fingerprint density at radius 2 is 1.55 bits per heavy atom. The number of fused-ring (bicyclic) bond motifs is 1. The second-order valence-corrected chi connectivity index (χ2v) is 6.56. The number of benzene rings is 3. The van der Waals surface area contributed by atoms with E-state index < -0.39 is 11.5 Å². The van der Waals surface area contributed by atoms with E-state index in [1.54, 1.807) is 18.2 Å². The lowest BCUT2D eigenvalue weighted by Crippen LogP contribution is -2.27. The predicted molar refractivity (Wildman–Crippen MR) is 111 cm³/mol. The minimum absolute atomic E-state index is 0.0337. The van der Waals surface area contributed by atoms with E-state index >= 15 is 0 Å². The van der Waals surface area contributed by atoms with Crippen LogP contribution in [0, 0.1) is 0 Å². The molecule has 1 N–H and O–H groups in total. The van der Waals surface area contributed by atoms with Crippen LogP contribution in [-0.2, 0) is 13.2 Å². The van der Waals surface area contributed by atoms with Gasteiger partial charge in [0.1, 0.15) is 12.2 Å². The van der Waals surface area contributed by atoms with Crippen molar-refractivity contribution < 1.29 is 13.9 Å². The van der Waals surface area contributed by atoms with E-state index in [9.17, 15) is 9.59 Å². The van der Waals surface area contributed by atoms with Gasteiger partial charge in [-0.15, -0.1) is 0 Å². The maximum Gasteiger partial charge on any atom is 0.349 e. The highest BCUT2D eigenvalue weighted by atomic mass is 16.5. The van der Waals surface area contributed by atoms with E-state index in [1.807, 2.05) is 60.7 Å². The number of para-hydroxylation sites is 1. The van der Waals surface area contributed by atoms with Gasteiger partial charge in [-0.1, -0.05) is 72.8 Å². The number of hydrogen-bond acceptors (Lipinski definition) is 4. The standard InChI is InChI=1S/C24H19NO4/c26-23(25-15-17-8-3-1-4-9-17)20-14-19-12-7-13-21(22(19)29-24(20)27)28-16-18-10-5-2-6-11-18/h1-14H,15-16H2,(H,25,26). The highest BCUT2D eigenvalue weighted by Gasteiger charge is 2.15. The van der Waals surface area contributed by atoms with Crippen molar-refractivity contribution in [2.75, 3.05) is 0 Å². The predicted octanol–water partition coefficient (Wildman–Crippen LogP) is 4.30. The molecule has 0 aliphatic carbocycles. The van der Waals surface area contributed by atoms with Gasteiger partial charge in [0.2, 0.25) is 0 Å². The summed E-state index contributed by atoms with van der Waals surface area (Å²) in [7, 11) is 0. The Morgan fingerprint density at radius 1 is 0.862 bits per heavy atom. The molecule has 0 unspecified atom stereocenters. The van der Waals surface area contributed by atoms with Gasteiger partial charge in [-0.25, -0.2) is 4.79 Å². The highest BCUT2D eigenvalue weighted by Crippen LogP contribution is 2.25. The van der Waals surface area contributed by atoms with Crippen molar-refractivity contribution in [1.29, 1.82) is 0 Å². The van der Waals surface area contributed by atoms with Gasteiger partial charge in [0.05, 0.1) is 0 Å². The summed E-state index contributed by atoms with van der Waals surface area (Å²) in [6.07, 6.45) is 0. The Morgan fingerprint density at radius 3 is 2.28 bits per heavy atom. The van der Waals surface area contributed by atoms with Crippen LogP contribution in [0.2, 0.25) is 0 Å². The van der Waals surface area contributed by atoms with E-state index in [-0.39, 0.29) is 5.56 Å². The first-order valence-corrected chi connectivity index (χ1v) is 9.26. The maximum atomic E-state index is 12.5. The molecule has 4 aromatic rings. The van der Waals surface area contributed by atoms with Gasteiger partial charge < -0.3 is 14.5 Å². The van der Waals surface area contributed by atoms with Gasteiger partial charge in [0.25, 0.3) is 5.91 Å². The van der Waals surface area contributed by atoms with E-state index in [0.29, 0.717) is 29.9 Å². The Kier molecular flexibility index (Phi) is 5.38. The lowest BCUT2D eigenvalue weighted by atomic mass is 10.1. The van der Waals surface area contributed by atoms with Gasteiger partial charge >= 0.3 is 5.63 Å². The Hall–Kier alpha value is -3.86. The van der Waals surface area contributed by atoms with Gasteiger partial charge in [-0.2, -0.15) is 0 Å². The molecule has 0 bridgehead atoms. The molecule has 1 aromatic heterocycles. The summed E-state index contributed by atoms with van der Waals surface area (Å²) >= 11 is 0. The molecule has 0 aliphatic rings. The Labute approximate surface area is 167 Å². The minimum atomic E-state index is -0.696. The molecule has 1 heterocycles.